The van der Waals surface area contributed by atoms with E-state index in [1.54, 1.807) is 6.92 Å². The molecule has 13 heteroatoms. The lowest BCUT2D eigenvalue weighted by molar-refractivity contribution is -0.137. The predicted octanol–water partition coefficient (Wildman–Crippen LogP) is 7.89. The molecule has 3 N–H and O–H groups in total. The summed E-state index contributed by atoms with van der Waals surface area (Å²) >= 11 is 0. The number of amides is 4. The van der Waals surface area contributed by atoms with Gasteiger partial charge in [-0.15, -0.1) is 0 Å². The second kappa shape index (κ2) is 17.1. The van der Waals surface area contributed by atoms with Crippen molar-refractivity contribution in [3.63, 3.8) is 0 Å². The molecule has 3 aliphatic heterocycles. The van der Waals surface area contributed by atoms with Crippen molar-refractivity contribution in [1.29, 1.82) is 0 Å². The van der Waals surface area contributed by atoms with Gasteiger partial charge in [0.15, 0.2) is 0 Å². The van der Waals surface area contributed by atoms with Gasteiger partial charge in [-0.25, -0.2) is 14.6 Å². The fourth-order valence-electron chi connectivity index (χ4n) is 9.36. The van der Waals surface area contributed by atoms with Crippen molar-refractivity contribution in [3.8, 4) is 22.4 Å². The minimum Gasteiger partial charge on any atom is -0.453 e. The number of imidazole rings is 1. The van der Waals surface area contributed by atoms with Gasteiger partial charge in [-0.2, -0.15) is 0 Å². The molecule has 0 spiro atoms. The van der Waals surface area contributed by atoms with E-state index in [1.165, 1.54) is 14.2 Å². The first kappa shape index (κ1) is 41.2. The van der Waals surface area contributed by atoms with E-state index in [9.17, 15) is 19.2 Å². The van der Waals surface area contributed by atoms with Crippen LogP contribution in [0.3, 0.4) is 0 Å². The van der Waals surface area contributed by atoms with Crippen LogP contribution in [0.5, 0.6) is 0 Å². The summed E-state index contributed by atoms with van der Waals surface area (Å²) in [5, 5.41) is 7.58. The minimum absolute atomic E-state index is 0. The molecule has 59 heavy (non-hydrogen) atoms. The number of carbonyl (C=O) groups is 4. The third-order valence-electron chi connectivity index (χ3n) is 12.4. The van der Waals surface area contributed by atoms with Crippen LogP contribution in [0.25, 0.3) is 38.7 Å². The van der Waals surface area contributed by atoms with E-state index in [0.29, 0.717) is 18.9 Å². The Hall–Kier alpha value is -5.98. The summed E-state index contributed by atoms with van der Waals surface area (Å²) < 4.78 is 9.50. The summed E-state index contributed by atoms with van der Waals surface area (Å²) in [5.74, 6) is 0.798. The molecule has 4 aromatic rings. The van der Waals surface area contributed by atoms with Crippen LogP contribution in [0.2, 0.25) is 0 Å². The Morgan fingerprint density at radius 1 is 0.814 bits per heavy atom. The molecule has 1 saturated carbocycles. The molecular weight excluding hydrogens is 747 g/mol. The number of benzene rings is 3. The standard InChI is InChI=1S/C45H51N7O6.CH4/c1-25(2)39(50-45(56)58-5)43(54)51-18-6-7-38(51)36-22-34(23-46-36)28-10-8-27(9-11-28)29-12-13-31-20-32(15-14-30(31)19-29)37-24-47-41(49-37)40-33-16-17-35(21-33)52(40)42(53)26(3)48-44(55)57-4;/h8-15,19-20,23-26,33,35,38-40H,6-7,16-18,21-22H2,1-5H3,(H,47,49)(H,48,55)(H,50,56);1H4/t26-,33-,35+,38-,39-,40-;/m0./s1. The zero-order valence-electron chi connectivity index (χ0n) is 33.7. The highest BCUT2D eigenvalue weighted by Gasteiger charge is 2.50. The lowest BCUT2D eigenvalue weighted by Crippen LogP contribution is -2.53. The van der Waals surface area contributed by atoms with Gasteiger partial charge in [0.1, 0.15) is 17.9 Å². The van der Waals surface area contributed by atoms with E-state index >= 15 is 0 Å². The normalized spacial score (nSPS) is 21.8. The minimum atomic E-state index is -0.698. The highest BCUT2D eigenvalue weighted by molar-refractivity contribution is 6.04. The molecule has 2 saturated heterocycles. The van der Waals surface area contributed by atoms with E-state index in [1.807, 2.05) is 36.0 Å². The number of aromatic nitrogens is 2. The molecule has 4 aliphatic rings. The summed E-state index contributed by atoms with van der Waals surface area (Å²) in [5.41, 5.74) is 7.33. The van der Waals surface area contributed by atoms with Gasteiger partial charge in [0.05, 0.1) is 38.2 Å². The number of hydrogen-bond donors (Lipinski definition) is 3. The van der Waals surface area contributed by atoms with Gasteiger partial charge in [-0.3, -0.25) is 14.6 Å². The van der Waals surface area contributed by atoms with Crippen molar-refractivity contribution in [2.45, 2.75) is 96.9 Å². The van der Waals surface area contributed by atoms with Gasteiger partial charge >= 0.3 is 12.2 Å². The number of rotatable bonds is 10. The highest BCUT2D eigenvalue weighted by atomic mass is 16.5. The first-order valence-electron chi connectivity index (χ1n) is 20.3. The first-order valence-corrected chi connectivity index (χ1v) is 20.3. The van der Waals surface area contributed by atoms with Gasteiger partial charge in [-0.05, 0) is 96.0 Å². The molecule has 8 rings (SSSR count). The lowest BCUT2D eigenvalue weighted by Gasteiger charge is -2.36. The van der Waals surface area contributed by atoms with Crippen LogP contribution in [0.4, 0.5) is 9.59 Å². The van der Waals surface area contributed by atoms with Gasteiger partial charge in [0.2, 0.25) is 11.8 Å². The number of allylic oxidation sites excluding steroid dienone is 1. The average Bonchev–Trinajstić information content (AvgIpc) is 4.10. The third kappa shape index (κ3) is 8.07. The van der Waals surface area contributed by atoms with E-state index < -0.39 is 24.3 Å². The molecule has 4 heterocycles. The van der Waals surface area contributed by atoms with E-state index in [0.717, 1.165) is 87.9 Å². The third-order valence-corrected chi connectivity index (χ3v) is 12.4. The Morgan fingerprint density at radius 2 is 1.47 bits per heavy atom. The van der Waals surface area contributed by atoms with Gasteiger partial charge in [-0.1, -0.05) is 69.8 Å². The molecular formula is C46H55N7O6. The number of aliphatic imine (C=N–C) groups is 1. The predicted molar refractivity (Wildman–Crippen MR) is 228 cm³/mol. The maximum Gasteiger partial charge on any atom is 0.407 e. The van der Waals surface area contributed by atoms with Crippen molar-refractivity contribution in [2.75, 3.05) is 20.8 Å². The van der Waals surface area contributed by atoms with Crippen LogP contribution in [0.1, 0.15) is 84.2 Å². The van der Waals surface area contributed by atoms with Crippen LogP contribution in [-0.2, 0) is 19.1 Å². The van der Waals surface area contributed by atoms with Crippen LogP contribution in [-0.4, -0.2) is 94.4 Å². The average molecular weight is 802 g/mol. The van der Waals surface area contributed by atoms with Crippen molar-refractivity contribution in [3.05, 3.63) is 84.4 Å². The van der Waals surface area contributed by atoms with Gasteiger partial charge in [0.25, 0.3) is 0 Å². The van der Waals surface area contributed by atoms with E-state index in [4.69, 9.17) is 19.5 Å². The number of hydrogen-bond acceptors (Lipinski definition) is 8. The zero-order valence-corrected chi connectivity index (χ0v) is 33.7. The maximum atomic E-state index is 13.6. The Morgan fingerprint density at radius 3 is 2.19 bits per heavy atom. The number of nitrogens with one attached hydrogen (secondary N) is 3. The molecule has 3 aromatic carbocycles. The Labute approximate surface area is 345 Å². The van der Waals surface area contributed by atoms with Gasteiger partial charge < -0.3 is 34.9 Å². The number of fused-ring (bicyclic) bond motifs is 3. The fourth-order valence-corrected chi connectivity index (χ4v) is 9.36. The monoisotopic (exact) mass is 801 g/mol. The lowest BCUT2D eigenvalue weighted by atomic mass is 9.95. The van der Waals surface area contributed by atoms with Crippen LogP contribution < -0.4 is 10.6 Å². The molecule has 1 aliphatic carbocycles. The molecule has 1 aromatic heterocycles. The van der Waals surface area contributed by atoms with Crippen molar-refractivity contribution in [1.82, 2.24) is 30.4 Å². The number of ether oxygens (including phenoxy) is 2. The summed E-state index contributed by atoms with van der Waals surface area (Å²) in [7, 11) is 2.59. The van der Waals surface area contributed by atoms with Crippen molar-refractivity contribution in [2.24, 2.45) is 16.8 Å². The highest BCUT2D eigenvalue weighted by Crippen LogP contribution is 2.50. The summed E-state index contributed by atoms with van der Waals surface area (Å²) in [6.45, 7) is 6.17. The van der Waals surface area contributed by atoms with Crippen molar-refractivity contribution < 1.29 is 28.7 Å². The second-order valence-corrected chi connectivity index (χ2v) is 16.3. The number of alkyl carbamates (subject to hydrolysis) is 2. The second-order valence-electron chi connectivity index (χ2n) is 16.3. The number of piperidine rings is 1. The molecule has 4 amide bonds. The van der Waals surface area contributed by atoms with E-state index in [-0.39, 0.29) is 43.3 Å². The number of aromatic amines is 1. The molecule has 13 nitrogen and oxygen atoms in total. The summed E-state index contributed by atoms with van der Waals surface area (Å²) in [6.07, 6.45) is 7.90. The number of H-pyrrole nitrogens is 1. The Bertz CT molecular complexity index is 2300. The number of methoxy groups -OCH3 is 2. The largest absolute Gasteiger partial charge is 0.453 e. The summed E-state index contributed by atoms with van der Waals surface area (Å²) in [6, 6.07) is 20.0. The Balaban J connectivity index is 0.00000528. The topological polar surface area (TPSA) is 158 Å². The Kier molecular flexibility index (Phi) is 11.9. The molecule has 2 bridgehead atoms. The summed E-state index contributed by atoms with van der Waals surface area (Å²) in [4.78, 5) is 67.8. The van der Waals surface area contributed by atoms with Gasteiger partial charge in [0, 0.05) is 36.5 Å². The maximum absolute atomic E-state index is 13.6. The quantitative estimate of drug-likeness (QED) is 0.147. The van der Waals surface area contributed by atoms with Crippen LogP contribution in [0.15, 0.2) is 78.1 Å². The molecule has 310 valence electrons. The molecule has 3 fully saturated rings. The number of nitrogens with zero attached hydrogens (tertiary/aromatic N) is 4. The number of likely N-dealkylation sites (tertiary alicyclic amines) is 2. The fraction of sp³-hybridized carbons (Fsp3) is 0.435. The SMILES string of the molecule is C.COC(=O)N[C@@H](C)C(=O)N1[C@@H]2CC[C@@H](C2)[C@H]1c1ncc(-c2ccc3cc(-c4ccc(C5=CN=C([C@@H]6CCCN6C(=O)[C@@H](NC(=O)OC)C(C)C)C5)cc4)ccc3c2)[nH]1. The van der Waals surface area contributed by atoms with Crippen LogP contribution >= 0.6 is 0 Å². The molecule has 0 radical (unpaired) electrons. The van der Waals surface area contributed by atoms with Crippen molar-refractivity contribution >= 4 is 46.1 Å². The zero-order chi connectivity index (χ0) is 40.7. The number of carbonyl (C=O) groups excluding carboxylic acids is 4. The smallest absolute Gasteiger partial charge is 0.407 e. The van der Waals surface area contributed by atoms with Crippen LogP contribution in [0, 0.1) is 11.8 Å². The van der Waals surface area contributed by atoms with E-state index in [2.05, 4.69) is 76.3 Å². The first-order chi connectivity index (χ1) is 28.0. The molecule has 6 atom stereocenters. The molecule has 0 unspecified atom stereocenters.